The number of aromatic nitrogens is 2. The van der Waals surface area contributed by atoms with Crippen molar-refractivity contribution >= 4 is 21.9 Å². The van der Waals surface area contributed by atoms with Gasteiger partial charge in [-0.15, -0.1) is 0 Å². The van der Waals surface area contributed by atoms with Crippen LogP contribution in [0, 0.1) is 0 Å². The summed E-state index contributed by atoms with van der Waals surface area (Å²) in [5.41, 5.74) is 2.17. The van der Waals surface area contributed by atoms with Gasteiger partial charge in [0.15, 0.2) is 5.95 Å². The van der Waals surface area contributed by atoms with E-state index in [4.69, 9.17) is 0 Å². The van der Waals surface area contributed by atoms with E-state index >= 15 is 0 Å². The normalized spacial score (nSPS) is 19.7. The Balaban J connectivity index is 1.48. The zero-order chi connectivity index (χ0) is 23.3. The molecule has 2 aromatic rings. The molecule has 4 rings (SSSR count). The van der Waals surface area contributed by atoms with Crippen molar-refractivity contribution in [2.75, 3.05) is 25.0 Å². The van der Waals surface area contributed by atoms with Gasteiger partial charge in [0.05, 0.1) is 4.90 Å². The van der Waals surface area contributed by atoms with Crippen molar-refractivity contribution in [3.63, 3.8) is 0 Å². The highest BCUT2D eigenvalue weighted by Crippen LogP contribution is 2.22. The average Bonchev–Trinajstić information content (AvgIpc) is 3.34. The van der Waals surface area contributed by atoms with Crippen molar-refractivity contribution in [1.82, 2.24) is 24.9 Å². The molecule has 0 bridgehead atoms. The van der Waals surface area contributed by atoms with E-state index < -0.39 is 16.1 Å². The molecule has 4 N–H and O–H groups in total. The van der Waals surface area contributed by atoms with E-state index in [0.717, 1.165) is 37.8 Å². The van der Waals surface area contributed by atoms with Crippen LogP contribution in [0.15, 0.2) is 35.5 Å². The summed E-state index contributed by atoms with van der Waals surface area (Å²) < 4.78 is 29.3. The molecule has 0 aliphatic carbocycles. The van der Waals surface area contributed by atoms with Gasteiger partial charge in [-0.25, -0.2) is 13.4 Å². The first kappa shape index (κ1) is 23.7. The third kappa shape index (κ3) is 5.93. The number of hydrogen-bond acceptors (Lipinski definition) is 6. The number of carbonyl (C=O) groups is 1. The minimum absolute atomic E-state index is 0.120. The number of nitrogens with one attached hydrogen (secondary N) is 4. The molecule has 2 aliphatic rings. The van der Waals surface area contributed by atoms with E-state index in [9.17, 15) is 13.2 Å². The second kappa shape index (κ2) is 10.7. The van der Waals surface area contributed by atoms with Crippen LogP contribution < -0.4 is 15.4 Å². The summed E-state index contributed by atoms with van der Waals surface area (Å²) in [6.07, 6.45) is 8.30. The molecule has 1 aromatic carbocycles. The molecular weight excluding hydrogens is 440 g/mol. The van der Waals surface area contributed by atoms with Crippen LogP contribution in [0.3, 0.4) is 0 Å². The molecule has 1 fully saturated rings. The summed E-state index contributed by atoms with van der Waals surface area (Å²) in [5, 5.41) is 6.44. The fourth-order valence-corrected chi connectivity index (χ4v) is 5.89. The largest absolute Gasteiger partial charge is 0.356 e. The topological polar surface area (TPSA) is 119 Å². The third-order valence-electron chi connectivity index (χ3n) is 6.52. The van der Waals surface area contributed by atoms with Crippen molar-refractivity contribution in [3.05, 3.63) is 41.7 Å². The number of amides is 1. The molecule has 0 spiro atoms. The van der Waals surface area contributed by atoms with Gasteiger partial charge in [-0.1, -0.05) is 6.07 Å². The quantitative estimate of drug-likeness (QED) is 0.413. The number of sulfonamides is 1. The number of piperidine rings is 1. The number of anilines is 1. The highest BCUT2D eigenvalue weighted by molar-refractivity contribution is 7.89. The lowest BCUT2D eigenvalue weighted by atomic mass is 10.0. The van der Waals surface area contributed by atoms with E-state index in [2.05, 4.69) is 25.3 Å². The Labute approximate surface area is 195 Å². The zero-order valence-electron chi connectivity index (χ0n) is 19.1. The Morgan fingerprint density at radius 3 is 2.97 bits per heavy atom. The minimum atomic E-state index is -3.84. The van der Waals surface area contributed by atoms with E-state index in [1.165, 1.54) is 5.56 Å². The first-order valence-corrected chi connectivity index (χ1v) is 13.3. The fraction of sp³-hybridized carbons (Fsp3) is 0.565. The van der Waals surface area contributed by atoms with Gasteiger partial charge in [-0.3, -0.25) is 4.79 Å². The van der Waals surface area contributed by atoms with Crippen LogP contribution in [0.4, 0.5) is 5.95 Å². The lowest BCUT2D eigenvalue weighted by Crippen LogP contribution is -2.52. The summed E-state index contributed by atoms with van der Waals surface area (Å²) in [7, 11) is -3.84. The number of nitrogens with zero attached hydrogens (tertiary/aromatic N) is 2. The molecule has 0 unspecified atom stereocenters. The molecule has 0 radical (unpaired) electrons. The Morgan fingerprint density at radius 1 is 1.30 bits per heavy atom. The van der Waals surface area contributed by atoms with Crippen LogP contribution in [0.1, 0.15) is 50.2 Å². The van der Waals surface area contributed by atoms with E-state index in [0.29, 0.717) is 38.4 Å². The number of fused-ring (bicyclic) bond motifs is 1. The molecule has 3 heterocycles. The maximum absolute atomic E-state index is 13.4. The summed E-state index contributed by atoms with van der Waals surface area (Å²) in [5.74, 6) is 0.522. The maximum atomic E-state index is 13.4. The van der Waals surface area contributed by atoms with Gasteiger partial charge in [0.2, 0.25) is 15.9 Å². The summed E-state index contributed by atoms with van der Waals surface area (Å²) in [6, 6.07) is 4.59. The highest BCUT2D eigenvalue weighted by Gasteiger charge is 2.32. The molecule has 2 atom stereocenters. The molecule has 1 saturated heterocycles. The van der Waals surface area contributed by atoms with E-state index in [1.54, 1.807) is 24.5 Å². The Bertz CT molecular complexity index is 1040. The van der Waals surface area contributed by atoms with Crippen LogP contribution in [0.2, 0.25) is 0 Å². The molecular formula is C23H34N6O3S. The van der Waals surface area contributed by atoms with Crippen molar-refractivity contribution in [2.45, 2.75) is 69.0 Å². The molecule has 9 nitrogen and oxygen atoms in total. The number of benzene rings is 1. The second-order valence-electron chi connectivity index (χ2n) is 8.91. The number of carbonyl (C=O) groups excluding carboxylic acids is 1. The molecule has 1 amide bonds. The van der Waals surface area contributed by atoms with Crippen LogP contribution in [0.5, 0.6) is 0 Å². The van der Waals surface area contributed by atoms with Crippen LogP contribution >= 0.6 is 0 Å². The van der Waals surface area contributed by atoms with Crippen molar-refractivity contribution in [1.29, 1.82) is 0 Å². The van der Waals surface area contributed by atoms with Gasteiger partial charge in [-0.2, -0.15) is 4.72 Å². The first-order chi connectivity index (χ1) is 15.9. The molecule has 33 heavy (non-hydrogen) atoms. The molecule has 180 valence electrons. The SMILES string of the molecule is C[C@@H]1CCCCN1C(=O)[C@H](CCCNc1ncc[nH]1)NS(=O)(=O)c1ccc2c(c1)CNCC2. The number of hydrogen-bond donors (Lipinski definition) is 4. The van der Waals surface area contributed by atoms with Crippen LogP contribution in [0.25, 0.3) is 0 Å². The molecule has 0 saturated carbocycles. The first-order valence-electron chi connectivity index (χ1n) is 11.8. The summed E-state index contributed by atoms with van der Waals surface area (Å²) in [4.78, 5) is 22.6. The van der Waals surface area contributed by atoms with Crippen molar-refractivity contribution in [2.24, 2.45) is 0 Å². The number of H-pyrrole nitrogens is 1. The fourth-order valence-electron chi connectivity index (χ4n) is 4.61. The van der Waals surface area contributed by atoms with Gasteiger partial charge in [0.25, 0.3) is 0 Å². The molecule has 2 aliphatic heterocycles. The van der Waals surface area contributed by atoms with Crippen LogP contribution in [-0.4, -0.2) is 60.9 Å². The predicted octanol–water partition coefficient (Wildman–Crippen LogP) is 2.00. The summed E-state index contributed by atoms with van der Waals surface area (Å²) >= 11 is 0. The highest BCUT2D eigenvalue weighted by atomic mass is 32.2. The Morgan fingerprint density at radius 2 is 2.18 bits per heavy atom. The predicted molar refractivity (Wildman–Crippen MR) is 127 cm³/mol. The van der Waals surface area contributed by atoms with Crippen molar-refractivity contribution < 1.29 is 13.2 Å². The lowest BCUT2D eigenvalue weighted by Gasteiger charge is -2.36. The van der Waals surface area contributed by atoms with Gasteiger partial charge in [-0.05, 0) is 75.3 Å². The van der Waals surface area contributed by atoms with Crippen LogP contribution in [-0.2, 0) is 27.8 Å². The minimum Gasteiger partial charge on any atom is -0.356 e. The van der Waals surface area contributed by atoms with Gasteiger partial charge < -0.3 is 20.5 Å². The average molecular weight is 475 g/mol. The van der Waals surface area contributed by atoms with Gasteiger partial charge in [0.1, 0.15) is 6.04 Å². The molecule has 1 aromatic heterocycles. The zero-order valence-corrected chi connectivity index (χ0v) is 20.0. The lowest BCUT2D eigenvalue weighted by molar-refractivity contribution is -0.136. The second-order valence-corrected chi connectivity index (χ2v) is 10.6. The monoisotopic (exact) mass is 474 g/mol. The maximum Gasteiger partial charge on any atom is 0.241 e. The van der Waals surface area contributed by atoms with Gasteiger partial charge in [0, 0.05) is 38.1 Å². The van der Waals surface area contributed by atoms with Crippen molar-refractivity contribution in [3.8, 4) is 0 Å². The Hall–Kier alpha value is -2.43. The summed E-state index contributed by atoms with van der Waals surface area (Å²) in [6.45, 7) is 4.85. The third-order valence-corrected chi connectivity index (χ3v) is 7.99. The number of rotatable bonds is 9. The van der Waals surface area contributed by atoms with Gasteiger partial charge >= 0.3 is 0 Å². The standard InChI is InChI=1S/C23H34N6O3S/c1-17-5-2-3-14-29(17)22(30)21(6-4-10-25-23-26-12-13-27-23)28-33(31,32)20-8-7-18-9-11-24-16-19(18)15-20/h7-8,12-13,15,17,21,24,28H,2-6,9-11,14,16H2,1H3,(H2,25,26,27)/t17-,21+/m1/s1. The smallest absolute Gasteiger partial charge is 0.241 e. The number of likely N-dealkylation sites (tertiary alicyclic amines) is 1. The van der Waals surface area contributed by atoms with E-state index in [-0.39, 0.29) is 16.8 Å². The van der Waals surface area contributed by atoms with E-state index in [1.807, 2.05) is 17.9 Å². The number of aromatic amines is 1. The molecule has 10 heteroatoms. The number of imidazole rings is 1. The Kier molecular flexibility index (Phi) is 7.67.